The van der Waals surface area contributed by atoms with Crippen molar-refractivity contribution in [2.24, 2.45) is 5.41 Å². The van der Waals surface area contributed by atoms with Crippen LogP contribution in [0.5, 0.6) is 0 Å². The van der Waals surface area contributed by atoms with Crippen molar-refractivity contribution < 1.29 is 19.1 Å². The third-order valence-electron chi connectivity index (χ3n) is 6.57. The van der Waals surface area contributed by atoms with Gasteiger partial charge in [0, 0.05) is 38.3 Å². The molecule has 8 heteroatoms. The first-order valence-corrected chi connectivity index (χ1v) is 11.6. The Labute approximate surface area is 181 Å². The Morgan fingerprint density at radius 1 is 1.10 bits per heavy atom. The van der Waals surface area contributed by atoms with Crippen LogP contribution in [0.15, 0.2) is 0 Å². The molecule has 0 aromatic rings. The first-order valence-electron chi connectivity index (χ1n) is 11.6. The van der Waals surface area contributed by atoms with Crippen LogP contribution in [-0.4, -0.2) is 85.5 Å². The Hall–Kier alpha value is -1.54. The van der Waals surface area contributed by atoms with E-state index in [1.54, 1.807) is 0 Å². The molecule has 0 aromatic carbocycles. The van der Waals surface area contributed by atoms with Crippen molar-refractivity contribution in [2.45, 2.75) is 77.5 Å². The van der Waals surface area contributed by atoms with Crippen LogP contribution in [-0.2, 0) is 9.47 Å². The number of nitrogens with one attached hydrogen (secondary N) is 2. The Balaban J connectivity index is 1.27. The van der Waals surface area contributed by atoms with Crippen LogP contribution in [0, 0.1) is 5.41 Å². The average Bonchev–Trinajstić information content (AvgIpc) is 3.09. The number of hydrogen-bond donors (Lipinski definition) is 2. The molecule has 2 N–H and O–H groups in total. The first kappa shape index (κ1) is 23.1. The molecule has 2 saturated heterocycles. The molecule has 2 amide bonds. The Kier molecular flexibility index (Phi) is 7.50. The fraction of sp³-hybridized carbons (Fsp3) is 0.909. The molecule has 3 fully saturated rings. The number of amides is 2. The summed E-state index contributed by atoms with van der Waals surface area (Å²) < 4.78 is 10.4. The highest BCUT2D eigenvalue weighted by molar-refractivity contribution is 5.68. The molecule has 1 spiro atoms. The van der Waals surface area contributed by atoms with Crippen LogP contribution in [0.2, 0.25) is 0 Å². The van der Waals surface area contributed by atoms with Gasteiger partial charge in [0.2, 0.25) is 0 Å². The van der Waals surface area contributed by atoms with Gasteiger partial charge in [0.25, 0.3) is 0 Å². The van der Waals surface area contributed by atoms with Gasteiger partial charge in [-0.15, -0.1) is 0 Å². The third kappa shape index (κ3) is 6.23. The fourth-order valence-corrected chi connectivity index (χ4v) is 5.06. The Morgan fingerprint density at radius 3 is 2.43 bits per heavy atom. The fourth-order valence-electron chi connectivity index (χ4n) is 5.06. The summed E-state index contributed by atoms with van der Waals surface area (Å²) in [6.45, 7) is 13.2. The Bertz CT molecular complexity index is 592. The smallest absolute Gasteiger partial charge is 0.409 e. The summed E-state index contributed by atoms with van der Waals surface area (Å²) in [5.74, 6) is 0. The number of carbonyl (C=O) groups is 2. The standard InChI is InChI=1S/C22H40N4O4/c1-5-29-20(28)26-13-8-22(16-26)14-18(15-22)25-11-6-17(7-12-25)23-9-10-24-19(27)30-21(2,3)4/h17-18,23H,5-16H2,1-4H3,(H,24,27). The van der Waals surface area contributed by atoms with E-state index in [1.807, 2.05) is 32.6 Å². The van der Waals surface area contributed by atoms with Crippen LogP contribution in [0.3, 0.4) is 0 Å². The maximum absolute atomic E-state index is 12.0. The molecule has 2 heterocycles. The van der Waals surface area contributed by atoms with E-state index >= 15 is 0 Å². The number of rotatable bonds is 6. The zero-order valence-corrected chi connectivity index (χ0v) is 19.2. The second kappa shape index (κ2) is 9.73. The molecule has 3 rings (SSSR count). The van der Waals surface area contributed by atoms with Crippen molar-refractivity contribution in [2.75, 3.05) is 45.9 Å². The number of hydrogen-bond acceptors (Lipinski definition) is 6. The topological polar surface area (TPSA) is 83.1 Å². The van der Waals surface area contributed by atoms with Crippen LogP contribution >= 0.6 is 0 Å². The van der Waals surface area contributed by atoms with Gasteiger partial charge in [0.05, 0.1) is 6.61 Å². The quantitative estimate of drug-likeness (QED) is 0.638. The molecule has 172 valence electrons. The summed E-state index contributed by atoms with van der Waals surface area (Å²) >= 11 is 0. The lowest BCUT2D eigenvalue weighted by atomic mass is 9.64. The van der Waals surface area contributed by atoms with Gasteiger partial charge in [0.15, 0.2) is 0 Å². The molecule has 1 aliphatic carbocycles. The average molecular weight is 425 g/mol. The van der Waals surface area contributed by atoms with Crippen LogP contribution < -0.4 is 10.6 Å². The predicted octanol–water partition coefficient (Wildman–Crippen LogP) is 2.58. The molecule has 2 aliphatic heterocycles. The van der Waals surface area contributed by atoms with Crippen molar-refractivity contribution in [3.8, 4) is 0 Å². The van der Waals surface area contributed by atoms with E-state index in [9.17, 15) is 9.59 Å². The monoisotopic (exact) mass is 424 g/mol. The molecule has 3 aliphatic rings. The molecular weight excluding hydrogens is 384 g/mol. The molecule has 1 saturated carbocycles. The maximum Gasteiger partial charge on any atom is 0.409 e. The van der Waals surface area contributed by atoms with Crippen molar-refractivity contribution in [1.82, 2.24) is 20.4 Å². The van der Waals surface area contributed by atoms with Crippen molar-refractivity contribution >= 4 is 12.2 Å². The summed E-state index contributed by atoms with van der Waals surface area (Å²) in [7, 11) is 0. The summed E-state index contributed by atoms with van der Waals surface area (Å²) in [6.07, 6.45) is 5.32. The van der Waals surface area contributed by atoms with Gasteiger partial charge in [-0.25, -0.2) is 9.59 Å². The van der Waals surface area contributed by atoms with Gasteiger partial charge >= 0.3 is 12.2 Å². The highest BCUT2D eigenvalue weighted by atomic mass is 16.6. The SMILES string of the molecule is CCOC(=O)N1CCC2(CC(N3CCC(NCCNC(=O)OC(C)(C)C)CC3)C2)C1. The molecule has 0 unspecified atom stereocenters. The second-order valence-electron chi connectivity index (χ2n) is 10.1. The lowest BCUT2D eigenvalue weighted by Crippen LogP contribution is -2.55. The lowest BCUT2D eigenvalue weighted by molar-refractivity contribution is -0.00608. The molecule has 0 radical (unpaired) electrons. The minimum atomic E-state index is -0.458. The van der Waals surface area contributed by atoms with E-state index in [2.05, 4.69) is 15.5 Å². The summed E-state index contributed by atoms with van der Waals surface area (Å²) in [5, 5.41) is 6.36. The van der Waals surface area contributed by atoms with Crippen LogP contribution in [0.4, 0.5) is 9.59 Å². The van der Waals surface area contributed by atoms with Gasteiger partial charge in [0.1, 0.15) is 5.60 Å². The number of alkyl carbamates (subject to hydrolysis) is 1. The number of likely N-dealkylation sites (tertiary alicyclic amines) is 2. The van der Waals surface area contributed by atoms with Crippen molar-refractivity contribution in [3.63, 3.8) is 0 Å². The molecule has 8 nitrogen and oxygen atoms in total. The van der Waals surface area contributed by atoms with Gasteiger partial charge in [-0.2, -0.15) is 0 Å². The molecule has 30 heavy (non-hydrogen) atoms. The van der Waals surface area contributed by atoms with Gasteiger partial charge in [-0.1, -0.05) is 0 Å². The second-order valence-corrected chi connectivity index (χ2v) is 10.1. The molecule has 0 atom stereocenters. The lowest BCUT2D eigenvalue weighted by Gasteiger charge is -2.51. The first-order chi connectivity index (χ1) is 14.2. The molecule has 0 bridgehead atoms. The van der Waals surface area contributed by atoms with E-state index in [-0.39, 0.29) is 12.2 Å². The van der Waals surface area contributed by atoms with E-state index < -0.39 is 5.60 Å². The van der Waals surface area contributed by atoms with E-state index in [0.29, 0.717) is 30.7 Å². The molecular formula is C22H40N4O4. The van der Waals surface area contributed by atoms with E-state index in [4.69, 9.17) is 9.47 Å². The zero-order chi connectivity index (χ0) is 21.8. The highest BCUT2D eigenvalue weighted by Crippen LogP contribution is 2.50. The van der Waals surface area contributed by atoms with Gasteiger partial charge in [-0.05, 0) is 78.3 Å². The zero-order valence-electron chi connectivity index (χ0n) is 19.2. The van der Waals surface area contributed by atoms with Gasteiger partial charge < -0.3 is 29.9 Å². The van der Waals surface area contributed by atoms with Crippen molar-refractivity contribution in [3.05, 3.63) is 0 Å². The summed E-state index contributed by atoms with van der Waals surface area (Å²) in [5.41, 5.74) is -0.125. The minimum Gasteiger partial charge on any atom is -0.450 e. The Morgan fingerprint density at radius 2 is 1.80 bits per heavy atom. The van der Waals surface area contributed by atoms with Crippen LogP contribution in [0.1, 0.15) is 59.8 Å². The number of ether oxygens (including phenoxy) is 2. The normalized spacial score (nSPS) is 27.7. The summed E-state index contributed by atoms with van der Waals surface area (Å²) in [6, 6.07) is 1.18. The molecule has 0 aromatic heterocycles. The number of piperidine rings is 1. The highest BCUT2D eigenvalue weighted by Gasteiger charge is 2.51. The third-order valence-corrected chi connectivity index (χ3v) is 6.57. The van der Waals surface area contributed by atoms with Gasteiger partial charge in [-0.3, -0.25) is 0 Å². The largest absolute Gasteiger partial charge is 0.450 e. The summed E-state index contributed by atoms with van der Waals surface area (Å²) in [4.78, 5) is 28.1. The minimum absolute atomic E-state index is 0.147. The maximum atomic E-state index is 12.0. The predicted molar refractivity (Wildman–Crippen MR) is 116 cm³/mol. The number of nitrogens with zero attached hydrogens (tertiary/aromatic N) is 2. The van der Waals surface area contributed by atoms with E-state index in [0.717, 1.165) is 52.0 Å². The van der Waals surface area contributed by atoms with Crippen LogP contribution in [0.25, 0.3) is 0 Å². The van der Waals surface area contributed by atoms with Crippen molar-refractivity contribution in [1.29, 1.82) is 0 Å². The van der Waals surface area contributed by atoms with E-state index in [1.165, 1.54) is 12.8 Å². The number of carbonyl (C=O) groups excluding carboxylic acids is 2.